The van der Waals surface area contributed by atoms with E-state index >= 15 is 0 Å². The lowest BCUT2D eigenvalue weighted by atomic mass is 9.91. The molecule has 0 saturated carbocycles. The minimum atomic E-state index is 0.591. The van der Waals surface area contributed by atoms with Crippen LogP contribution in [-0.2, 0) is 0 Å². The molecule has 5 nitrogen and oxygen atoms in total. The van der Waals surface area contributed by atoms with Crippen molar-refractivity contribution in [1.29, 1.82) is 0 Å². The quantitative estimate of drug-likeness (QED) is 0.162. The second-order valence-electron chi connectivity index (χ2n) is 16.2. The van der Waals surface area contributed by atoms with Crippen LogP contribution >= 0.6 is 11.3 Å². The monoisotopic (exact) mass is 821 g/mol. The van der Waals surface area contributed by atoms with Crippen molar-refractivity contribution in [2.45, 2.75) is 0 Å². The molecule has 10 aromatic carbocycles. The van der Waals surface area contributed by atoms with Gasteiger partial charge in [0.2, 0.25) is 0 Å². The van der Waals surface area contributed by atoms with Gasteiger partial charge in [0.15, 0.2) is 17.5 Å². The summed E-state index contributed by atoms with van der Waals surface area (Å²) < 4.78 is 15.4. The Kier molecular flexibility index (Phi) is 7.21. The number of para-hydroxylation sites is 1. The van der Waals surface area contributed by atoms with Crippen molar-refractivity contribution in [2.24, 2.45) is 0 Å². The fraction of sp³-hybridized carbons (Fsp3) is 0. The molecule has 0 aliphatic rings. The van der Waals surface area contributed by atoms with Crippen molar-refractivity contribution in [2.75, 3.05) is 0 Å². The number of fused-ring (bicyclic) bond motifs is 9. The van der Waals surface area contributed by atoms with E-state index in [0.717, 1.165) is 76.7 Å². The summed E-state index contributed by atoms with van der Waals surface area (Å²) in [5.74, 6) is 1.83. The maximum Gasteiger partial charge on any atom is 0.165 e. The van der Waals surface area contributed by atoms with Crippen LogP contribution in [0.25, 0.3) is 142 Å². The van der Waals surface area contributed by atoms with Crippen molar-refractivity contribution in [3.63, 3.8) is 0 Å². The molecule has 0 atom stereocenters. The van der Waals surface area contributed by atoms with E-state index in [1.165, 1.54) is 47.8 Å². The van der Waals surface area contributed by atoms with Crippen molar-refractivity contribution >= 4 is 96.9 Å². The van der Waals surface area contributed by atoms with Crippen LogP contribution in [0.15, 0.2) is 197 Å². The summed E-state index contributed by atoms with van der Waals surface area (Å²) >= 11 is 1.77. The van der Waals surface area contributed by atoms with E-state index in [2.05, 4.69) is 164 Å². The number of furan rings is 2. The molecular weight excluding hydrogens is 791 g/mol. The van der Waals surface area contributed by atoms with Gasteiger partial charge in [0.25, 0.3) is 0 Å². The Morgan fingerprint density at radius 3 is 1.68 bits per heavy atom. The molecule has 4 aromatic heterocycles. The first-order valence-corrected chi connectivity index (χ1v) is 21.9. The Hall–Kier alpha value is -8.19. The van der Waals surface area contributed by atoms with Crippen molar-refractivity contribution in [1.82, 2.24) is 15.0 Å². The SMILES string of the molecule is c1ccc2c(c1)oc1cc(-c3nc(-c4ccc(-c5ccc(-c6ccc7c8ccccc8c8cccc9oc6c7c98)cc5)cc4)nc(-c4cccc5c4sc4ccccc45)n3)ccc12. The zero-order valence-electron chi connectivity index (χ0n) is 33.5. The summed E-state index contributed by atoms with van der Waals surface area (Å²) in [5, 5.41) is 11.9. The maximum atomic E-state index is 6.66. The summed E-state index contributed by atoms with van der Waals surface area (Å²) in [7, 11) is 0. The lowest BCUT2D eigenvalue weighted by Crippen LogP contribution is -2.00. The van der Waals surface area contributed by atoms with Crippen LogP contribution in [0.1, 0.15) is 0 Å². The van der Waals surface area contributed by atoms with E-state index in [4.69, 9.17) is 23.8 Å². The smallest absolute Gasteiger partial charge is 0.165 e. The summed E-state index contributed by atoms with van der Waals surface area (Å²) in [5.41, 5.74) is 10.7. The van der Waals surface area contributed by atoms with Crippen LogP contribution in [0.2, 0.25) is 0 Å². The normalized spacial score (nSPS) is 12.1. The molecule has 292 valence electrons. The molecule has 0 N–H and O–H groups in total. The van der Waals surface area contributed by atoms with Crippen LogP contribution in [0.3, 0.4) is 0 Å². The van der Waals surface area contributed by atoms with E-state index in [0.29, 0.717) is 17.5 Å². The number of benzene rings is 10. The first-order chi connectivity index (χ1) is 31.2. The first kappa shape index (κ1) is 34.5. The molecule has 0 saturated heterocycles. The van der Waals surface area contributed by atoms with Gasteiger partial charge in [-0.15, -0.1) is 11.3 Å². The van der Waals surface area contributed by atoms with Crippen LogP contribution < -0.4 is 0 Å². The number of thiophene rings is 1. The Labute approximate surface area is 363 Å². The molecule has 0 amide bonds. The number of hydrogen-bond donors (Lipinski definition) is 0. The second-order valence-corrected chi connectivity index (χ2v) is 17.3. The van der Waals surface area contributed by atoms with E-state index in [1.807, 2.05) is 24.3 Å². The van der Waals surface area contributed by atoms with Crippen LogP contribution in [-0.4, -0.2) is 15.0 Å². The summed E-state index contributed by atoms with van der Waals surface area (Å²) in [6.45, 7) is 0. The summed E-state index contributed by atoms with van der Waals surface area (Å²) in [6.07, 6.45) is 0. The van der Waals surface area contributed by atoms with Crippen molar-refractivity contribution < 1.29 is 8.83 Å². The highest BCUT2D eigenvalue weighted by molar-refractivity contribution is 7.26. The molecule has 0 fully saturated rings. The van der Waals surface area contributed by atoms with E-state index < -0.39 is 0 Å². The number of hydrogen-bond acceptors (Lipinski definition) is 6. The summed E-state index contributed by atoms with van der Waals surface area (Å²) in [4.78, 5) is 15.5. The lowest BCUT2D eigenvalue weighted by Gasteiger charge is -2.11. The van der Waals surface area contributed by atoms with Gasteiger partial charge in [-0.2, -0.15) is 0 Å². The van der Waals surface area contributed by atoms with Gasteiger partial charge in [-0.25, -0.2) is 15.0 Å². The minimum absolute atomic E-state index is 0.591. The predicted molar refractivity (Wildman–Crippen MR) is 261 cm³/mol. The van der Waals surface area contributed by atoms with Gasteiger partial charge in [-0.3, -0.25) is 0 Å². The van der Waals surface area contributed by atoms with Crippen LogP contribution in [0.4, 0.5) is 0 Å². The van der Waals surface area contributed by atoms with Gasteiger partial charge in [0.05, 0.1) is 0 Å². The Morgan fingerprint density at radius 1 is 0.317 bits per heavy atom. The molecule has 0 bridgehead atoms. The Bertz CT molecular complexity index is 4140. The standard InChI is InChI=1S/C57H31N3O2S/c1-2-10-39-38(9-1)43-13-8-17-48-51(43)52-44(39)30-29-37(53(52)62-48)34-23-19-32(20-24-34)33-21-25-35(26-22-33)55-58-56(36-27-28-41-40-11-3-5-16-47(40)61-49(41)31-36)60-57(59-55)46-15-7-14-45-42-12-4-6-18-50(42)63-54(45)46/h1-31H. The van der Waals surface area contributed by atoms with E-state index in [9.17, 15) is 0 Å². The average Bonchev–Trinajstić information content (AvgIpc) is 4.05. The molecule has 0 spiro atoms. The fourth-order valence-corrected chi connectivity index (χ4v) is 11.0. The highest BCUT2D eigenvalue weighted by Crippen LogP contribution is 2.46. The van der Waals surface area contributed by atoms with Gasteiger partial charge in [0, 0.05) is 64.0 Å². The van der Waals surface area contributed by atoms with Gasteiger partial charge < -0.3 is 8.83 Å². The summed E-state index contributed by atoms with van der Waals surface area (Å²) in [6, 6.07) is 66.1. The number of aromatic nitrogens is 3. The third kappa shape index (κ3) is 5.19. The van der Waals surface area contributed by atoms with Gasteiger partial charge in [-0.1, -0.05) is 146 Å². The molecule has 14 aromatic rings. The predicted octanol–water partition coefficient (Wildman–Crippen LogP) is 16.1. The third-order valence-electron chi connectivity index (χ3n) is 12.7. The fourth-order valence-electron chi connectivity index (χ4n) is 9.75. The zero-order chi connectivity index (χ0) is 41.2. The molecule has 14 rings (SSSR count). The molecule has 63 heavy (non-hydrogen) atoms. The second kappa shape index (κ2) is 13.2. The molecule has 0 aliphatic carbocycles. The van der Waals surface area contributed by atoms with Crippen molar-refractivity contribution in [3.05, 3.63) is 188 Å². The van der Waals surface area contributed by atoms with Crippen LogP contribution in [0, 0.1) is 0 Å². The lowest BCUT2D eigenvalue weighted by molar-refractivity contribution is 0.669. The first-order valence-electron chi connectivity index (χ1n) is 21.1. The molecular formula is C57H31N3O2S. The average molecular weight is 822 g/mol. The van der Waals surface area contributed by atoms with Gasteiger partial charge in [-0.05, 0) is 80.7 Å². The van der Waals surface area contributed by atoms with Gasteiger partial charge >= 0.3 is 0 Å². The maximum absolute atomic E-state index is 6.66. The van der Waals surface area contributed by atoms with Crippen LogP contribution in [0.5, 0.6) is 0 Å². The molecule has 6 heteroatoms. The van der Waals surface area contributed by atoms with E-state index in [-0.39, 0.29) is 0 Å². The molecule has 0 radical (unpaired) electrons. The molecule has 0 unspecified atom stereocenters. The zero-order valence-corrected chi connectivity index (χ0v) is 34.3. The third-order valence-corrected chi connectivity index (χ3v) is 14.0. The Morgan fingerprint density at radius 2 is 0.873 bits per heavy atom. The number of rotatable bonds is 5. The van der Waals surface area contributed by atoms with E-state index in [1.54, 1.807) is 11.3 Å². The Balaban J connectivity index is 0.855. The van der Waals surface area contributed by atoms with Gasteiger partial charge in [0.1, 0.15) is 22.3 Å². The largest absolute Gasteiger partial charge is 0.456 e. The molecule has 0 aliphatic heterocycles. The topological polar surface area (TPSA) is 65.0 Å². The highest BCUT2D eigenvalue weighted by atomic mass is 32.1. The molecule has 4 heterocycles. The number of nitrogens with zero attached hydrogens (tertiary/aromatic N) is 3. The minimum Gasteiger partial charge on any atom is -0.456 e. The van der Waals surface area contributed by atoms with Crippen molar-refractivity contribution in [3.8, 4) is 56.4 Å². The highest BCUT2D eigenvalue weighted by Gasteiger charge is 2.21.